The molecule has 14 heteroatoms. The van der Waals surface area contributed by atoms with Crippen LogP contribution in [0.4, 0.5) is 22.7 Å². The molecular weight excluding hydrogens is 949 g/mol. The maximum atomic E-state index is 13.5. The fraction of sp³-hybridized carbons (Fsp3) is 0.492. The number of hydrogen-bond donors (Lipinski definition) is 3. The molecule has 73 heavy (non-hydrogen) atoms. The van der Waals surface area contributed by atoms with E-state index in [-0.39, 0.29) is 11.8 Å². The monoisotopic (exact) mass is 1030 g/mol. The van der Waals surface area contributed by atoms with Crippen molar-refractivity contribution in [3.05, 3.63) is 130 Å². The standard InChI is InChI=1S/C59H80N8O4S2/c1-56(2)50-42-46(18-24-52(50)65-35-38-70-58(56,65)28-26-44-14-20-48(21-15-44)63(7)33-12-32-62(5)6)54(68)60-30-40-72-73-41-31-61-55(69)47-19-25-53-51(43-47)57(3,4)59(66(53)36-39-71-59)29-27-45-16-22-49(23-17-45)64(8)34-13-37-67(9,10)11/h14-29,42-43H,12-13,30-41H2,1-11H3,(H-,60,61,68,69)/p+2/b28-26+,29-27+. The van der Waals surface area contributed by atoms with Crippen LogP contribution in [0.25, 0.3) is 12.2 Å². The Kier molecular flexibility index (Phi) is 16.7. The van der Waals surface area contributed by atoms with Crippen LogP contribution < -0.4 is 35.1 Å². The minimum absolute atomic E-state index is 0.0798. The van der Waals surface area contributed by atoms with Gasteiger partial charge in [0.15, 0.2) is 11.4 Å². The highest BCUT2D eigenvalue weighted by molar-refractivity contribution is 8.76. The van der Waals surface area contributed by atoms with Crippen LogP contribution in [-0.2, 0) is 20.3 Å². The molecule has 4 aliphatic rings. The van der Waals surface area contributed by atoms with Crippen molar-refractivity contribution in [3.63, 3.8) is 0 Å². The summed E-state index contributed by atoms with van der Waals surface area (Å²) in [5.74, 6) is 1.34. The van der Waals surface area contributed by atoms with E-state index in [9.17, 15) is 9.59 Å². The Morgan fingerprint density at radius 1 is 0.658 bits per heavy atom. The summed E-state index contributed by atoms with van der Waals surface area (Å²) < 4.78 is 14.2. The fourth-order valence-electron chi connectivity index (χ4n) is 11.2. The van der Waals surface area contributed by atoms with E-state index in [1.807, 2.05) is 12.1 Å². The van der Waals surface area contributed by atoms with Gasteiger partial charge in [-0.05, 0) is 95.1 Å². The first-order chi connectivity index (χ1) is 34.8. The molecule has 0 spiro atoms. The average molecular weight is 1030 g/mol. The topological polar surface area (TPSA) is 94.1 Å². The molecule has 2 amide bonds. The minimum Gasteiger partial charge on any atom is -0.374 e. The summed E-state index contributed by atoms with van der Waals surface area (Å²) in [6.45, 7) is 17.2. The van der Waals surface area contributed by atoms with Crippen LogP contribution in [0, 0.1) is 0 Å². The molecule has 0 bridgehead atoms. The van der Waals surface area contributed by atoms with Gasteiger partial charge in [0.2, 0.25) is 0 Å². The zero-order valence-corrected chi connectivity index (χ0v) is 47.1. The van der Waals surface area contributed by atoms with E-state index in [2.05, 4.69) is 204 Å². The molecule has 12 nitrogen and oxygen atoms in total. The molecule has 2 saturated heterocycles. The molecular formula is C59H82N8O4S2+2. The lowest BCUT2D eigenvalue weighted by molar-refractivity contribution is -0.870. The first-order valence-electron chi connectivity index (χ1n) is 26.3. The third-order valence-electron chi connectivity index (χ3n) is 15.5. The maximum absolute atomic E-state index is 13.5. The lowest BCUT2D eigenvalue weighted by atomic mass is 9.77. The lowest BCUT2D eigenvalue weighted by Crippen LogP contribution is -3.05. The molecule has 2 unspecified atom stereocenters. The normalized spacial score (nSPS) is 20.4. The van der Waals surface area contributed by atoms with Crippen LogP contribution in [0.15, 0.2) is 97.1 Å². The molecule has 0 saturated carbocycles. The molecule has 0 aliphatic carbocycles. The third kappa shape index (κ3) is 11.5. The molecule has 392 valence electrons. The Balaban J connectivity index is 0.781. The fourth-order valence-corrected chi connectivity index (χ4v) is 13.0. The van der Waals surface area contributed by atoms with Crippen molar-refractivity contribution in [2.75, 3.05) is 146 Å². The molecule has 2 fully saturated rings. The second-order valence-corrected chi connectivity index (χ2v) is 25.3. The number of hydrogen-bond acceptors (Lipinski definition) is 10. The summed E-state index contributed by atoms with van der Waals surface area (Å²) in [5, 5.41) is 6.27. The Bertz CT molecular complexity index is 2630. The van der Waals surface area contributed by atoms with Gasteiger partial charge < -0.3 is 49.1 Å². The number of quaternary nitrogens is 2. The van der Waals surface area contributed by atoms with E-state index in [0.717, 1.165) is 102 Å². The van der Waals surface area contributed by atoms with E-state index in [1.54, 1.807) is 21.6 Å². The second kappa shape index (κ2) is 22.5. The lowest BCUT2D eigenvalue weighted by Gasteiger charge is -2.39. The van der Waals surface area contributed by atoms with Gasteiger partial charge in [0.1, 0.15) is 0 Å². The number of benzene rings is 4. The number of carbonyl (C=O) groups excluding carboxylic acids is 2. The Labute approximate surface area is 444 Å². The highest BCUT2D eigenvalue weighted by Crippen LogP contribution is 2.56. The SMILES string of the molecule is CN(CCC[NH+](C)C)c1ccc(/C=C/C23OCCN2c2ccc(C(=O)NCCSSCCNC(=O)c4ccc5c(c4)C(C)(C)C4(/C=C/c6ccc(N(C)CCC[N+](C)(C)C)cc6)OCCN54)cc2C3(C)C)cc1. The Morgan fingerprint density at radius 2 is 1.08 bits per heavy atom. The summed E-state index contributed by atoms with van der Waals surface area (Å²) in [5.41, 5.74) is 8.36. The van der Waals surface area contributed by atoms with Crippen molar-refractivity contribution in [1.29, 1.82) is 0 Å². The van der Waals surface area contributed by atoms with Crippen LogP contribution >= 0.6 is 21.6 Å². The summed E-state index contributed by atoms with van der Waals surface area (Å²) in [7, 11) is 18.8. The smallest absolute Gasteiger partial charge is 0.251 e. The van der Waals surface area contributed by atoms with Gasteiger partial charge in [0.05, 0.1) is 61.5 Å². The first kappa shape index (κ1) is 54.3. The van der Waals surface area contributed by atoms with Crippen molar-refractivity contribution in [2.24, 2.45) is 0 Å². The maximum Gasteiger partial charge on any atom is 0.251 e. The molecule has 0 aromatic heterocycles. The van der Waals surface area contributed by atoms with Crippen molar-refractivity contribution in [3.8, 4) is 0 Å². The average Bonchev–Trinajstić information content (AvgIpc) is 4.09. The van der Waals surface area contributed by atoms with Gasteiger partial charge in [-0.2, -0.15) is 0 Å². The first-order valence-corrected chi connectivity index (χ1v) is 28.8. The van der Waals surface area contributed by atoms with Gasteiger partial charge in [0, 0.05) is 122 Å². The number of rotatable bonds is 23. The number of carbonyl (C=O) groups is 2. The van der Waals surface area contributed by atoms with Crippen LogP contribution in [0.3, 0.4) is 0 Å². The zero-order valence-electron chi connectivity index (χ0n) is 45.5. The molecule has 4 heterocycles. The van der Waals surface area contributed by atoms with E-state index in [0.29, 0.717) is 37.4 Å². The third-order valence-corrected chi connectivity index (χ3v) is 17.9. The highest BCUT2D eigenvalue weighted by Gasteiger charge is 2.60. The molecule has 8 rings (SSSR count). The van der Waals surface area contributed by atoms with Crippen LogP contribution in [0.5, 0.6) is 0 Å². The van der Waals surface area contributed by atoms with E-state index in [4.69, 9.17) is 9.47 Å². The quantitative estimate of drug-likeness (QED) is 0.0389. The number of ether oxygens (including phenoxy) is 2. The van der Waals surface area contributed by atoms with E-state index >= 15 is 0 Å². The van der Waals surface area contributed by atoms with Crippen LogP contribution in [0.2, 0.25) is 0 Å². The summed E-state index contributed by atoms with van der Waals surface area (Å²) in [6.07, 6.45) is 11.1. The van der Waals surface area contributed by atoms with Gasteiger partial charge >= 0.3 is 0 Å². The molecule has 4 aromatic rings. The van der Waals surface area contributed by atoms with Crippen LogP contribution in [-0.4, -0.2) is 154 Å². The number of nitrogens with zero attached hydrogens (tertiary/aromatic N) is 5. The van der Waals surface area contributed by atoms with E-state index in [1.165, 1.54) is 16.3 Å². The number of anilines is 4. The van der Waals surface area contributed by atoms with Gasteiger partial charge in [0.25, 0.3) is 11.8 Å². The van der Waals surface area contributed by atoms with Crippen molar-refractivity contribution < 1.29 is 28.4 Å². The second-order valence-electron chi connectivity index (χ2n) is 22.6. The van der Waals surface area contributed by atoms with Crippen molar-refractivity contribution in [2.45, 2.75) is 62.8 Å². The van der Waals surface area contributed by atoms with Gasteiger partial charge in [-0.1, -0.05) is 85.7 Å². The summed E-state index contributed by atoms with van der Waals surface area (Å²) >= 11 is 0. The molecule has 3 N–H and O–H groups in total. The molecule has 0 radical (unpaired) electrons. The summed E-state index contributed by atoms with van der Waals surface area (Å²) in [4.78, 5) is 37.8. The largest absolute Gasteiger partial charge is 0.374 e. The predicted molar refractivity (Wildman–Crippen MR) is 308 cm³/mol. The van der Waals surface area contributed by atoms with Gasteiger partial charge in [-0.25, -0.2) is 0 Å². The minimum atomic E-state index is -0.650. The Hall–Kier alpha value is -4.96. The number of nitrogens with one attached hydrogen (secondary N) is 3. The number of amides is 2. The highest BCUT2D eigenvalue weighted by atomic mass is 33.1. The van der Waals surface area contributed by atoms with Crippen molar-refractivity contribution >= 4 is 68.3 Å². The van der Waals surface area contributed by atoms with Crippen LogP contribution in [0.1, 0.15) is 83.5 Å². The zero-order chi connectivity index (χ0) is 52.2. The summed E-state index contributed by atoms with van der Waals surface area (Å²) in [6, 6.07) is 29.7. The molecule has 4 aromatic carbocycles. The van der Waals surface area contributed by atoms with Crippen molar-refractivity contribution in [1.82, 2.24) is 10.6 Å². The van der Waals surface area contributed by atoms with E-state index < -0.39 is 22.3 Å². The molecule has 2 atom stereocenters. The number of fused-ring (bicyclic) bond motifs is 6. The Morgan fingerprint density at radius 3 is 1.49 bits per heavy atom. The molecule has 4 aliphatic heterocycles. The van der Waals surface area contributed by atoms with Gasteiger partial charge in [-0.15, -0.1) is 0 Å². The van der Waals surface area contributed by atoms with Gasteiger partial charge in [-0.3, -0.25) is 9.59 Å². The predicted octanol–water partition coefficient (Wildman–Crippen LogP) is 7.81.